The van der Waals surface area contributed by atoms with Gasteiger partial charge in [0.2, 0.25) is 5.91 Å². The van der Waals surface area contributed by atoms with E-state index in [2.05, 4.69) is 19.1 Å². The van der Waals surface area contributed by atoms with Gasteiger partial charge in [0.15, 0.2) is 0 Å². The second kappa shape index (κ2) is 11.0. The number of amides is 1. The Labute approximate surface area is 128 Å². The number of hydrogen-bond donors (Lipinski definition) is 1. The summed E-state index contributed by atoms with van der Waals surface area (Å²) in [5.41, 5.74) is 5.72. The van der Waals surface area contributed by atoms with E-state index in [1.165, 1.54) is 25.7 Å². The van der Waals surface area contributed by atoms with Crippen molar-refractivity contribution >= 4 is 5.91 Å². The Morgan fingerprint density at radius 2 is 1.86 bits per heavy atom. The highest BCUT2D eigenvalue weighted by Gasteiger charge is 2.01. The molecule has 116 valence electrons. The maximum atomic E-state index is 11.1. The average Bonchev–Trinajstić information content (AvgIpc) is 2.49. The molecule has 21 heavy (non-hydrogen) atoms. The van der Waals surface area contributed by atoms with E-state index in [0.29, 0.717) is 17.9 Å². The third-order valence-corrected chi connectivity index (χ3v) is 3.29. The lowest BCUT2D eigenvalue weighted by molar-refractivity contribution is 0.1000. The Hall–Kier alpha value is -1.77. The molecule has 0 unspecified atom stereocenters. The van der Waals surface area contributed by atoms with Crippen LogP contribution in [0.3, 0.4) is 0 Å². The maximum absolute atomic E-state index is 11.1. The first-order chi connectivity index (χ1) is 10.2. The fourth-order valence-corrected chi connectivity index (χ4v) is 2.04. The van der Waals surface area contributed by atoms with E-state index in [0.717, 1.165) is 19.3 Å². The van der Waals surface area contributed by atoms with Gasteiger partial charge in [-0.05, 0) is 50.3 Å². The highest BCUT2D eigenvalue weighted by Crippen LogP contribution is 2.13. The van der Waals surface area contributed by atoms with Crippen LogP contribution in [0.1, 0.15) is 62.2 Å². The van der Waals surface area contributed by atoms with E-state index >= 15 is 0 Å². The van der Waals surface area contributed by atoms with E-state index in [-0.39, 0.29) is 0 Å². The molecule has 3 nitrogen and oxygen atoms in total. The first kappa shape index (κ1) is 17.3. The highest BCUT2D eigenvalue weighted by atomic mass is 16.5. The van der Waals surface area contributed by atoms with Crippen molar-refractivity contribution in [2.75, 3.05) is 6.61 Å². The molecule has 0 aliphatic heterocycles. The number of ether oxygens (including phenoxy) is 1. The van der Waals surface area contributed by atoms with E-state index in [4.69, 9.17) is 10.5 Å². The van der Waals surface area contributed by atoms with Crippen molar-refractivity contribution in [3.05, 3.63) is 42.0 Å². The van der Waals surface area contributed by atoms with Gasteiger partial charge in [-0.3, -0.25) is 4.79 Å². The Morgan fingerprint density at radius 3 is 2.52 bits per heavy atom. The predicted molar refractivity (Wildman–Crippen MR) is 87.6 cm³/mol. The number of allylic oxidation sites excluding steroid dienone is 2. The molecular formula is C18H27NO2. The second-order valence-corrected chi connectivity index (χ2v) is 5.20. The summed E-state index contributed by atoms with van der Waals surface area (Å²) < 4.78 is 5.62. The van der Waals surface area contributed by atoms with Crippen molar-refractivity contribution in [1.29, 1.82) is 0 Å². The summed E-state index contributed by atoms with van der Waals surface area (Å²) in [6, 6.07) is 7.02. The molecule has 0 spiro atoms. The van der Waals surface area contributed by atoms with Crippen molar-refractivity contribution in [2.24, 2.45) is 5.73 Å². The van der Waals surface area contributed by atoms with Crippen LogP contribution in [0.5, 0.6) is 5.75 Å². The average molecular weight is 289 g/mol. The van der Waals surface area contributed by atoms with Crippen LogP contribution < -0.4 is 10.5 Å². The van der Waals surface area contributed by atoms with E-state index < -0.39 is 5.91 Å². The van der Waals surface area contributed by atoms with Gasteiger partial charge in [-0.1, -0.05) is 38.0 Å². The molecule has 1 aromatic carbocycles. The van der Waals surface area contributed by atoms with Gasteiger partial charge >= 0.3 is 0 Å². The summed E-state index contributed by atoms with van der Waals surface area (Å²) in [7, 11) is 0. The van der Waals surface area contributed by atoms with E-state index in [9.17, 15) is 4.79 Å². The van der Waals surface area contributed by atoms with Crippen LogP contribution >= 0.6 is 0 Å². The van der Waals surface area contributed by atoms with E-state index in [1.807, 2.05) is 6.07 Å². The number of unbranched alkanes of at least 4 members (excludes halogenated alkanes) is 5. The Balaban J connectivity index is 2.09. The van der Waals surface area contributed by atoms with Gasteiger partial charge in [0, 0.05) is 5.56 Å². The first-order valence-electron chi connectivity index (χ1n) is 7.91. The summed E-state index contributed by atoms with van der Waals surface area (Å²) in [6.07, 6.45) is 12.9. The highest BCUT2D eigenvalue weighted by molar-refractivity contribution is 5.93. The van der Waals surface area contributed by atoms with Crippen LogP contribution in [0.25, 0.3) is 0 Å². The largest absolute Gasteiger partial charge is 0.494 e. The van der Waals surface area contributed by atoms with Crippen molar-refractivity contribution in [1.82, 2.24) is 0 Å². The SMILES string of the molecule is CCCCC/C=C\CCCCOc1cccc(C(N)=O)c1. The molecule has 0 radical (unpaired) electrons. The van der Waals surface area contributed by atoms with Crippen molar-refractivity contribution in [3.8, 4) is 5.75 Å². The van der Waals surface area contributed by atoms with Crippen molar-refractivity contribution in [2.45, 2.75) is 51.9 Å². The van der Waals surface area contributed by atoms with Crippen molar-refractivity contribution in [3.63, 3.8) is 0 Å². The fourth-order valence-electron chi connectivity index (χ4n) is 2.04. The zero-order valence-corrected chi connectivity index (χ0v) is 13.0. The van der Waals surface area contributed by atoms with Gasteiger partial charge in [0.1, 0.15) is 5.75 Å². The molecule has 0 atom stereocenters. The molecule has 3 heteroatoms. The molecule has 0 saturated carbocycles. The van der Waals surface area contributed by atoms with Crippen LogP contribution in [-0.2, 0) is 0 Å². The Kier molecular flexibility index (Phi) is 9.01. The van der Waals surface area contributed by atoms with Gasteiger partial charge in [-0.25, -0.2) is 0 Å². The predicted octanol–water partition coefficient (Wildman–Crippen LogP) is 4.47. The second-order valence-electron chi connectivity index (χ2n) is 5.20. The minimum atomic E-state index is -0.423. The third-order valence-electron chi connectivity index (χ3n) is 3.29. The third kappa shape index (κ3) is 8.18. The van der Waals surface area contributed by atoms with Crippen LogP contribution in [0.15, 0.2) is 36.4 Å². The molecule has 2 N–H and O–H groups in total. The number of carbonyl (C=O) groups is 1. The lowest BCUT2D eigenvalue weighted by Gasteiger charge is -2.06. The molecule has 0 bridgehead atoms. The lowest BCUT2D eigenvalue weighted by Crippen LogP contribution is -2.10. The Morgan fingerprint density at radius 1 is 1.14 bits per heavy atom. The van der Waals surface area contributed by atoms with Crippen LogP contribution in [-0.4, -0.2) is 12.5 Å². The van der Waals surface area contributed by atoms with Crippen LogP contribution in [0.4, 0.5) is 0 Å². The number of primary amides is 1. The molecule has 0 aromatic heterocycles. The topological polar surface area (TPSA) is 52.3 Å². The van der Waals surface area contributed by atoms with Crippen LogP contribution in [0, 0.1) is 0 Å². The smallest absolute Gasteiger partial charge is 0.248 e. The van der Waals surface area contributed by atoms with Crippen molar-refractivity contribution < 1.29 is 9.53 Å². The zero-order chi connectivity index (χ0) is 15.3. The number of hydrogen-bond acceptors (Lipinski definition) is 2. The van der Waals surface area contributed by atoms with Gasteiger partial charge in [0.25, 0.3) is 0 Å². The molecule has 1 rings (SSSR count). The monoisotopic (exact) mass is 289 g/mol. The summed E-state index contributed by atoms with van der Waals surface area (Å²) in [6.45, 7) is 2.90. The van der Waals surface area contributed by atoms with Gasteiger partial charge < -0.3 is 10.5 Å². The van der Waals surface area contributed by atoms with Crippen LogP contribution in [0.2, 0.25) is 0 Å². The minimum absolute atomic E-state index is 0.423. The molecule has 0 heterocycles. The molecular weight excluding hydrogens is 262 g/mol. The number of rotatable bonds is 11. The van der Waals surface area contributed by atoms with Gasteiger partial charge in [-0.15, -0.1) is 0 Å². The quantitative estimate of drug-likeness (QED) is 0.482. The summed E-state index contributed by atoms with van der Waals surface area (Å²) >= 11 is 0. The summed E-state index contributed by atoms with van der Waals surface area (Å²) in [4.78, 5) is 11.1. The molecule has 1 aromatic rings. The summed E-state index contributed by atoms with van der Waals surface area (Å²) in [5, 5.41) is 0. The lowest BCUT2D eigenvalue weighted by atomic mass is 10.1. The number of nitrogens with two attached hydrogens (primary N) is 1. The maximum Gasteiger partial charge on any atom is 0.248 e. The summed E-state index contributed by atoms with van der Waals surface area (Å²) in [5.74, 6) is 0.287. The molecule has 0 aliphatic carbocycles. The van der Waals surface area contributed by atoms with Gasteiger partial charge in [-0.2, -0.15) is 0 Å². The minimum Gasteiger partial charge on any atom is -0.494 e. The number of benzene rings is 1. The standard InChI is InChI=1S/C18H27NO2/c1-2-3-4-5-6-7-8-9-10-14-21-17-13-11-12-16(15-17)18(19)20/h6-7,11-13,15H,2-5,8-10,14H2,1H3,(H2,19,20)/b7-6-. The van der Waals surface area contributed by atoms with Gasteiger partial charge in [0.05, 0.1) is 6.61 Å². The molecule has 0 saturated heterocycles. The molecule has 0 fully saturated rings. The zero-order valence-electron chi connectivity index (χ0n) is 13.0. The normalized spacial score (nSPS) is 10.9. The number of carbonyl (C=O) groups excluding carboxylic acids is 1. The Bertz CT molecular complexity index is 441. The molecule has 1 amide bonds. The first-order valence-corrected chi connectivity index (χ1v) is 7.91. The molecule has 0 aliphatic rings. The van der Waals surface area contributed by atoms with E-state index in [1.54, 1.807) is 18.2 Å². The fraction of sp³-hybridized carbons (Fsp3) is 0.500.